The molecular formula is C24H24N6OS. The minimum absolute atomic E-state index is 0.253. The lowest BCUT2D eigenvalue weighted by molar-refractivity contribution is 0.102. The van der Waals surface area contributed by atoms with E-state index in [0.717, 1.165) is 46.7 Å². The van der Waals surface area contributed by atoms with Gasteiger partial charge in [0.1, 0.15) is 0 Å². The summed E-state index contributed by atoms with van der Waals surface area (Å²) in [7, 11) is 0. The Morgan fingerprint density at radius 1 is 1.09 bits per heavy atom. The Morgan fingerprint density at radius 2 is 1.91 bits per heavy atom. The number of piperidine rings is 1. The van der Waals surface area contributed by atoms with E-state index in [4.69, 9.17) is 0 Å². The second-order valence-electron chi connectivity index (χ2n) is 8.12. The first-order valence-corrected chi connectivity index (χ1v) is 11.6. The van der Waals surface area contributed by atoms with Crippen LogP contribution in [0.4, 0.5) is 11.5 Å². The highest BCUT2D eigenvalue weighted by Crippen LogP contribution is 2.25. The molecule has 1 aromatic carbocycles. The molecule has 3 aromatic heterocycles. The van der Waals surface area contributed by atoms with E-state index in [1.165, 1.54) is 12.8 Å². The van der Waals surface area contributed by atoms with Gasteiger partial charge >= 0.3 is 0 Å². The summed E-state index contributed by atoms with van der Waals surface area (Å²) in [6.07, 6.45) is 2.40. The summed E-state index contributed by atoms with van der Waals surface area (Å²) in [6.45, 7) is 4.37. The molecule has 1 amide bonds. The zero-order valence-corrected chi connectivity index (χ0v) is 18.6. The molecule has 0 bridgehead atoms. The van der Waals surface area contributed by atoms with Crippen molar-refractivity contribution in [1.29, 1.82) is 0 Å². The van der Waals surface area contributed by atoms with Crippen molar-refractivity contribution in [2.24, 2.45) is 5.92 Å². The first-order valence-electron chi connectivity index (χ1n) is 10.8. The van der Waals surface area contributed by atoms with Crippen molar-refractivity contribution in [1.82, 2.24) is 20.4 Å². The molecule has 0 aliphatic carbocycles. The van der Waals surface area contributed by atoms with Crippen LogP contribution in [0.1, 0.15) is 30.3 Å². The number of aromatic amines is 1. The fourth-order valence-corrected chi connectivity index (χ4v) is 4.49. The normalized spacial score (nSPS) is 14.5. The van der Waals surface area contributed by atoms with Crippen LogP contribution in [0.25, 0.3) is 21.8 Å². The van der Waals surface area contributed by atoms with Gasteiger partial charge in [0.25, 0.3) is 5.91 Å². The minimum Gasteiger partial charge on any atom is -0.355 e. The Bertz CT molecular complexity index is 1180. The average Bonchev–Trinajstić information content (AvgIpc) is 3.53. The molecule has 8 heteroatoms. The Morgan fingerprint density at radius 3 is 2.59 bits per heavy atom. The number of H-pyrrole nitrogens is 1. The molecule has 7 nitrogen and oxygen atoms in total. The molecule has 162 valence electrons. The fourth-order valence-electron chi connectivity index (χ4n) is 3.80. The number of amides is 1. The Balaban J connectivity index is 1.23. The molecule has 0 unspecified atom stereocenters. The Hall–Kier alpha value is -3.52. The molecule has 4 aromatic rings. The van der Waals surface area contributed by atoms with Crippen molar-refractivity contribution in [2.45, 2.75) is 19.8 Å². The fraction of sp³-hybridized carbons (Fsp3) is 0.250. The number of benzene rings is 1. The zero-order valence-electron chi connectivity index (χ0n) is 17.8. The lowest BCUT2D eigenvalue weighted by atomic mass is 9.99. The number of carbonyl (C=O) groups is 1. The van der Waals surface area contributed by atoms with E-state index in [1.807, 2.05) is 53.9 Å². The largest absolute Gasteiger partial charge is 0.355 e. The van der Waals surface area contributed by atoms with Crippen molar-refractivity contribution in [2.75, 3.05) is 23.3 Å². The summed E-state index contributed by atoms with van der Waals surface area (Å²) in [5.74, 6) is 1.47. The van der Waals surface area contributed by atoms with Crippen molar-refractivity contribution in [3.05, 3.63) is 65.7 Å². The standard InChI is InChI=1S/C24H24N6OS/c1-16-10-12-30(13-11-16)23-9-8-19(26-29-23)17-4-6-18(7-5-17)25-24(31)21-15-20(27-28-21)22-3-2-14-32-22/h2-9,14-16H,10-13H2,1H3,(H,25,31)(H,27,28). The smallest absolute Gasteiger partial charge is 0.276 e. The number of anilines is 2. The summed E-state index contributed by atoms with van der Waals surface area (Å²) in [4.78, 5) is 15.9. The molecule has 5 rings (SSSR count). The number of carbonyl (C=O) groups excluding carboxylic acids is 1. The van der Waals surface area contributed by atoms with Gasteiger partial charge in [-0.15, -0.1) is 21.5 Å². The van der Waals surface area contributed by atoms with Gasteiger partial charge in [0.2, 0.25) is 0 Å². The van der Waals surface area contributed by atoms with Crippen LogP contribution in [-0.2, 0) is 0 Å². The van der Waals surface area contributed by atoms with E-state index in [2.05, 4.69) is 37.5 Å². The maximum Gasteiger partial charge on any atom is 0.276 e. The number of thiophene rings is 1. The zero-order chi connectivity index (χ0) is 21.9. The SMILES string of the molecule is CC1CCN(c2ccc(-c3ccc(NC(=O)c4cc(-c5cccs5)[nH]n4)cc3)nn2)CC1. The highest BCUT2D eigenvalue weighted by Gasteiger charge is 2.17. The maximum atomic E-state index is 12.5. The molecular weight excluding hydrogens is 420 g/mol. The number of rotatable bonds is 5. The average molecular weight is 445 g/mol. The summed E-state index contributed by atoms with van der Waals surface area (Å²) < 4.78 is 0. The van der Waals surface area contributed by atoms with Gasteiger partial charge in [-0.25, -0.2) is 0 Å². The predicted molar refractivity (Wildman–Crippen MR) is 128 cm³/mol. The highest BCUT2D eigenvalue weighted by atomic mass is 32.1. The van der Waals surface area contributed by atoms with Gasteiger partial charge in [-0.2, -0.15) is 5.10 Å². The van der Waals surface area contributed by atoms with Crippen LogP contribution in [-0.4, -0.2) is 39.4 Å². The maximum absolute atomic E-state index is 12.5. The molecule has 0 spiro atoms. The molecule has 1 aliphatic rings. The molecule has 0 atom stereocenters. The Kier molecular flexibility index (Phi) is 5.68. The van der Waals surface area contributed by atoms with Gasteiger partial charge in [-0.3, -0.25) is 9.89 Å². The summed E-state index contributed by atoms with van der Waals surface area (Å²) >= 11 is 1.60. The molecule has 0 radical (unpaired) electrons. The number of hydrogen-bond donors (Lipinski definition) is 2. The highest BCUT2D eigenvalue weighted by molar-refractivity contribution is 7.13. The number of nitrogens with one attached hydrogen (secondary N) is 2. The molecule has 1 saturated heterocycles. The molecule has 4 heterocycles. The van der Waals surface area contributed by atoms with E-state index < -0.39 is 0 Å². The van der Waals surface area contributed by atoms with Crippen LogP contribution >= 0.6 is 11.3 Å². The predicted octanol–water partition coefficient (Wildman–Crippen LogP) is 5.08. The third-order valence-electron chi connectivity index (χ3n) is 5.79. The number of nitrogens with zero attached hydrogens (tertiary/aromatic N) is 4. The van der Waals surface area contributed by atoms with Gasteiger partial charge in [0, 0.05) is 24.3 Å². The van der Waals surface area contributed by atoms with Crippen LogP contribution in [0.2, 0.25) is 0 Å². The second-order valence-corrected chi connectivity index (χ2v) is 9.07. The van der Waals surface area contributed by atoms with Gasteiger partial charge in [0.15, 0.2) is 11.5 Å². The van der Waals surface area contributed by atoms with E-state index >= 15 is 0 Å². The van der Waals surface area contributed by atoms with Crippen LogP contribution in [0, 0.1) is 5.92 Å². The molecule has 32 heavy (non-hydrogen) atoms. The van der Waals surface area contributed by atoms with Crippen LogP contribution in [0.15, 0.2) is 60.0 Å². The third kappa shape index (κ3) is 4.40. The molecule has 1 fully saturated rings. The van der Waals surface area contributed by atoms with E-state index in [1.54, 1.807) is 17.4 Å². The van der Waals surface area contributed by atoms with Gasteiger partial charge in [-0.1, -0.05) is 25.1 Å². The van der Waals surface area contributed by atoms with Crippen LogP contribution in [0.3, 0.4) is 0 Å². The van der Waals surface area contributed by atoms with Gasteiger partial charge in [-0.05, 0) is 60.5 Å². The first kappa shape index (κ1) is 20.4. The monoisotopic (exact) mass is 444 g/mol. The summed E-state index contributed by atoms with van der Waals surface area (Å²) in [5, 5.41) is 20.8. The van der Waals surface area contributed by atoms with Crippen LogP contribution in [0.5, 0.6) is 0 Å². The number of aromatic nitrogens is 4. The van der Waals surface area contributed by atoms with Crippen molar-refractivity contribution in [3.8, 4) is 21.8 Å². The lowest BCUT2D eigenvalue weighted by Crippen LogP contribution is -2.33. The second kappa shape index (κ2) is 8.92. The van der Waals surface area contributed by atoms with Gasteiger partial charge in [0.05, 0.1) is 16.3 Å². The third-order valence-corrected chi connectivity index (χ3v) is 6.70. The van der Waals surface area contributed by atoms with E-state index in [9.17, 15) is 4.79 Å². The van der Waals surface area contributed by atoms with Crippen molar-refractivity contribution < 1.29 is 4.79 Å². The minimum atomic E-state index is -0.253. The number of hydrogen-bond acceptors (Lipinski definition) is 6. The Labute approximate surface area is 190 Å². The summed E-state index contributed by atoms with van der Waals surface area (Å²) in [6, 6.07) is 17.3. The van der Waals surface area contributed by atoms with Crippen molar-refractivity contribution >= 4 is 28.7 Å². The molecule has 1 aliphatic heterocycles. The van der Waals surface area contributed by atoms with Crippen molar-refractivity contribution in [3.63, 3.8) is 0 Å². The quantitative estimate of drug-likeness (QED) is 0.448. The van der Waals surface area contributed by atoms with E-state index in [-0.39, 0.29) is 5.91 Å². The first-order chi connectivity index (χ1) is 15.7. The topological polar surface area (TPSA) is 86.8 Å². The lowest BCUT2D eigenvalue weighted by Gasteiger charge is -2.30. The van der Waals surface area contributed by atoms with Gasteiger partial charge < -0.3 is 10.2 Å². The van der Waals surface area contributed by atoms with E-state index in [0.29, 0.717) is 11.4 Å². The molecule has 2 N–H and O–H groups in total. The summed E-state index contributed by atoms with van der Waals surface area (Å²) in [5.41, 5.74) is 3.65. The molecule has 0 saturated carbocycles. The van der Waals surface area contributed by atoms with Crippen LogP contribution < -0.4 is 10.2 Å².